The van der Waals surface area contributed by atoms with Crippen molar-refractivity contribution in [3.05, 3.63) is 23.9 Å². The lowest BCUT2D eigenvalue weighted by Crippen LogP contribution is -2.34. The minimum absolute atomic E-state index is 0.514. The van der Waals surface area contributed by atoms with Gasteiger partial charge in [0, 0.05) is 12.2 Å². The normalized spacial score (nSPS) is 22.7. The van der Waals surface area contributed by atoms with Gasteiger partial charge in [0.1, 0.15) is 5.82 Å². The number of nitrogens with zero attached hydrogens (tertiary/aromatic N) is 1. The number of anilines is 1. The smallest absolute Gasteiger partial charge is 0.123 e. The molecule has 1 aliphatic rings. The molecule has 1 aromatic rings. The highest BCUT2D eigenvalue weighted by molar-refractivity contribution is 5.34. The molecule has 1 fully saturated rings. The molecule has 0 aliphatic carbocycles. The number of rotatable bonds is 1. The summed E-state index contributed by atoms with van der Waals surface area (Å²) in [6, 6.07) is 4.45. The fourth-order valence-electron chi connectivity index (χ4n) is 1.26. The van der Waals surface area contributed by atoms with Gasteiger partial charge < -0.3 is 11.1 Å². The van der Waals surface area contributed by atoms with Crippen LogP contribution in [-0.4, -0.2) is 11.5 Å². The number of nitrogens with one attached hydrogen (secondary N) is 1. The summed E-state index contributed by atoms with van der Waals surface area (Å²) in [6.45, 7) is 1.12. The van der Waals surface area contributed by atoms with Gasteiger partial charge in [0.2, 0.25) is 0 Å². The Labute approximate surface area is 65.6 Å². The van der Waals surface area contributed by atoms with E-state index in [1.165, 1.54) is 12.0 Å². The van der Waals surface area contributed by atoms with Gasteiger partial charge in [-0.25, -0.2) is 4.98 Å². The first-order valence-electron chi connectivity index (χ1n) is 3.81. The zero-order valence-corrected chi connectivity index (χ0v) is 6.25. The summed E-state index contributed by atoms with van der Waals surface area (Å²) in [5, 5.41) is 3.31. The highest BCUT2D eigenvalue weighted by atomic mass is 15.0. The highest BCUT2D eigenvalue weighted by Crippen LogP contribution is 2.22. The molecule has 3 nitrogen and oxygen atoms in total. The molecule has 0 amide bonds. The van der Waals surface area contributed by atoms with Crippen LogP contribution in [-0.2, 0) is 0 Å². The van der Waals surface area contributed by atoms with Crippen molar-refractivity contribution in [1.82, 2.24) is 10.3 Å². The van der Waals surface area contributed by atoms with E-state index in [0.717, 1.165) is 6.54 Å². The lowest BCUT2D eigenvalue weighted by Gasteiger charge is -2.27. The van der Waals surface area contributed by atoms with E-state index in [1.54, 1.807) is 6.20 Å². The van der Waals surface area contributed by atoms with Gasteiger partial charge in [0.25, 0.3) is 0 Å². The Bertz CT molecular complexity index is 255. The zero-order valence-electron chi connectivity index (χ0n) is 6.25. The average Bonchev–Trinajstić information content (AvgIpc) is 1.83. The Balaban J connectivity index is 2.23. The Morgan fingerprint density at radius 3 is 3.00 bits per heavy atom. The van der Waals surface area contributed by atoms with Crippen molar-refractivity contribution >= 4 is 5.82 Å². The SMILES string of the molecule is Nc1cc([C@H]2CCN2)ccn1. The molecule has 0 radical (unpaired) electrons. The van der Waals surface area contributed by atoms with Crippen LogP contribution in [0.2, 0.25) is 0 Å². The number of nitrogen functional groups attached to an aromatic ring is 1. The van der Waals surface area contributed by atoms with E-state index in [2.05, 4.69) is 10.3 Å². The maximum atomic E-state index is 5.54. The summed E-state index contributed by atoms with van der Waals surface area (Å²) in [5.41, 5.74) is 6.79. The monoisotopic (exact) mass is 149 g/mol. The number of nitrogens with two attached hydrogens (primary N) is 1. The summed E-state index contributed by atoms with van der Waals surface area (Å²) in [6.07, 6.45) is 2.97. The molecule has 1 aromatic heterocycles. The predicted octanol–water partition coefficient (Wildman–Crippen LogP) is 0.698. The van der Waals surface area contributed by atoms with Crippen molar-refractivity contribution in [2.75, 3.05) is 12.3 Å². The van der Waals surface area contributed by atoms with Crippen LogP contribution in [0, 0.1) is 0 Å². The first-order valence-corrected chi connectivity index (χ1v) is 3.81. The van der Waals surface area contributed by atoms with Crippen LogP contribution in [0.4, 0.5) is 5.82 Å². The van der Waals surface area contributed by atoms with Gasteiger partial charge in [-0.2, -0.15) is 0 Å². The van der Waals surface area contributed by atoms with Crippen molar-refractivity contribution in [1.29, 1.82) is 0 Å². The summed E-state index contributed by atoms with van der Waals surface area (Å²) in [4.78, 5) is 3.93. The van der Waals surface area contributed by atoms with Crippen molar-refractivity contribution < 1.29 is 0 Å². The van der Waals surface area contributed by atoms with Crippen molar-refractivity contribution in [3.63, 3.8) is 0 Å². The second-order valence-corrected chi connectivity index (χ2v) is 2.81. The molecule has 11 heavy (non-hydrogen) atoms. The van der Waals surface area contributed by atoms with E-state index in [-0.39, 0.29) is 0 Å². The van der Waals surface area contributed by atoms with Gasteiger partial charge in [-0.3, -0.25) is 0 Å². The van der Waals surface area contributed by atoms with Gasteiger partial charge in [-0.15, -0.1) is 0 Å². The molecule has 0 saturated carbocycles. The standard InChI is InChI=1S/C8H11N3/c9-8-5-6(1-3-11-8)7-2-4-10-7/h1,3,5,7,10H,2,4H2,(H2,9,11)/t7-/m1/s1. The maximum absolute atomic E-state index is 5.54. The molecule has 0 aromatic carbocycles. The molecule has 1 aliphatic heterocycles. The van der Waals surface area contributed by atoms with E-state index in [9.17, 15) is 0 Å². The molecule has 3 heteroatoms. The van der Waals surface area contributed by atoms with E-state index in [4.69, 9.17) is 5.73 Å². The summed E-state index contributed by atoms with van der Waals surface area (Å²) >= 11 is 0. The predicted molar refractivity (Wildman–Crippen MR) is 44.0 cm³/mol. The van der Waals surface area contributed by atoms with Crippen molar-refractivity contribution in [2.24, 2.45) is 0 Å². The number of hydrogen-bond acceptors (Lipinski definition) is 3. The molecule has 0 spiro atoms. The highest BCUT2D eigenvalue weighted by Gasteiger charge is 2.17. The lowest BCUT2D eigenvalue weighted by atomic mass is 9.99. The Hall–Kier alpha value is -1.09. The topological polar surface area (TPSA) is 50.9 Å². The number of pyridine rings is 1. The van der Waals surface area contributed by atoms with Crippen LogP contribution in [0.5, 0.6) is 0 Å². The minimum Gasteiger partial charge on any atom is -0.384 e. The van der Waals surface area contributed by atoms with Gasteiger partial charge in [-0.1, -0.05) is 0 Å². The lowest BCUT2D eigenvalue weighted by molar-refractivity contribution is 0.383. The van der Waals surface area contributed by atoms with E-state index in [0.29, 0.717) is 11.9 Å². The van der Waals surface area contributed by atoms with Crippen LogP contribution in [0.3, 0.4) is 0 Å². The van der Waals surface area contributed by atoms with Crippen LogP contribution >= 0.6 is 0 Å². The van der Waals surface area contributed by atoms with E-state index < -0.39 is 0 Å². The van der Waals surface area contributed by atoms with Crippen molar-refractivity contribution in [2.45, 2.75) is 12.5 Å². The maximum Gasteiger partial charge on any atom is 0.123 e. The van der Waals surface area contributed by atoms with E-state index in [1.807, 2.05) is 12.1 Å². The Morgan fingerprint density at radius 1 is 1.64 bits per heavy atom. The zero-order chi connectivity index (χ0) is 7.68. The third kappa shape index (κ3) is 1.19. The van der Waals surface area contributed by atoms with E-state index >= 15 is 0 Å². The average molecular weight is 149 g/mol. The van der Waals surface area contributed by atoms with Crippen LogP contribution in [0.1, 0.15) is 18.0 Å². The molecule has 1 saturated heterocycles. The summed E-state index contributed by atoms with van der Waals surface area (Å²) in [7, 11) is 0. The molecular weight excluding hydrogens is 138 g/mol. The molecule has 0 bridgehead atoms. The molecule has 1 atom stereocenters. The van der Waals surface area contributed by atoms with Gasteiger partial charge in [-0.05, 0) is 30.7 Å². The third-order valence-corrected chi connectivity index (χ3v) is 2.03. The molecular formula is C8H11N3. The second-order valence-electron chi connectivity index (χ2n) is 2.81. The van der Waals surface area contributed by atoms with Gasteiger partial charge in [0.15, 0.2) is 0 Å². The molecule has 2 rings (SSSR count). The Morgan fingerprint density at radius 2 is 2.45 bits per heavy atom. The van der Waals surface area contributed by atoms with Gasteiger partial charge in [0.05, 0.1) is 0 Å². The van der Waals surface area contributed by atoms with Crippen LogP contribution in [0.15, 0.2) is 18.3 Å². The third-order valence-electron chi connectivity index (χ3n) is 2.03. The number of hydrogen-bond donors (Lipinski definition) is 2. The van der Waals surface area contributed by atoms with Gasteiger partial charge >= 0.3 is 0 Å². The fourth-order valence-corrected chi connectivity index (χ4v) is 1.26. The molecule has 58 valence electrons. The summed E-state index contributed by atoms with van der Waals surface area (Å²) in [5.74, 6) is 0.608. The largest absolute Gasteiger partial charge is 0.384 e. The first-order chi connectivity index (χ1) is 5.36. The fraction of sp³-hybridized carbons (Fsp3) is 0.375. The van der Waals surface area contributed by atoms with Crippen LogP contribution < -0.4 is 11.1 Å². The van der Waals surface area contributed by atoms with Crippen LogP contribution in [0.25, 0.3) is 0 Å². The molecule has 3 N–H and O–H groups in total. The first kappa shape index (κ1) is 6.61. The second kappa shape index (κ2) is 2.51. The molecule has 2 heterocycles. The summed E-state index contributed by atoms with van der Waals surface area (Å²) < 4.78 is 0. The minimum atomic E-state index is 0.514. The Kier molecular flexibility index (Phi) is 1.51. The number of aromatic nitrogens is 1. The quantitative estimate of drug-likeness (QED) is 0.618. The molecule has 0 unspecified atom stereocenters. The van der Waals surface area contributed by atoms with Crippen molar-refractivity contribution in [3.8, 4) is 0 Å².